The maximum absolute atomic E-state index is 11.7. The highest BCUT2D eigenvalue weighted by Gasteiger charge is 2.23. The summed E-state index contributed by atoms with van der Waals surface area (Å²) in [5.74, 6) is -0.822. The van der Waals surface area contributed by atoms with E-state index in [2.05, 4.69) is 6.58 Å². The van der Waals surface area contributed by atoms with E-state index in [1.165, 1.54) is 0 Å². The third kappa shape index (κ3) is 5.26. The summed E-state index contributed by atoms with van der Waals surface area (Å²) in [5.41, 5.74) is 0.149. The molecular weight excluding hydrogens is 256 g/mol. The molecule has 0 aliphatic rings. The molecule has 108 valence electrons. The van der Waals surface area contributed by atoms with E-state index in [1.54, 1.807) is 45.0 Å². The number of carbonyl (C=O) groups excluding carboxylic acids is 2. The van der Waals surface area contributed by atoms with Crippen LogP contribution in [-0.2, 0) is 14.3 Å². The van der Waals surface area contributed by atoms with Crippen LogP contribution in [0.25, 0.3) is 0 Å². The number of hydrogen-bond acceptors (Lipinski definition) is 4. The normalized spacial score (nSPS) is 10.8. The topological polar surface area (TPSA) is 52.6 Å². The molecule has 0 fully saturated rings. The van der Waals surface area contributed by atoms with Gasteiger partial charge in [-0.05, 0) is 32.9 Å². The van der Waals surface area contributed by atoms with Crippen LogP contribution in [-0.4, -0.2) is 24.1 Å². The van der Waals surface area contributed by atoms with Crippen molar-refractivity contribution in [1.82, 2.24) is 0 Å². The molecule has 0 aliphatic carbocycles. The quantitative estimate of drug-likeness (QED) is 0.591. The van der Waals surface area contributed by atoms with Crippen LogP contribution >= 0.6 is 0 Å². The van der Waals surface area contributed by atoms with Crippen LogP contribution in [0.2, 0.25) is 0 Å². The van der Waals surface area contributed by atoms with Crippen LogP contribution in [0.1, 0.15) is 37.6 Å². The summed E-state index contributed by atoms with van der Waals surface area (Å²) in [4.78, 5) is 23.2. The molecule has 0 heterocycles. The Bertz CT molecular complexity index is 488. The molecule has 4 heteroatoms. The van der Waals surface area contributed by atoms with Gasteiger partial charge in [0.05, 0.1) is 12.2 Å². The molecule has 1 rings (SSSR count). The fourth-order valence-corrected chi connectivity index (χ4v) is 1.44. The van der Waals surface area contributed by atoms with E-state index >= 15 is 0 Å². The molecule has 0 saturated carbocycles. The van der Waals surface area contributed by atoms with Crippen LogP contribution in [0.4, 0.5) is 0 Å². The first kappa shape index (κ1) is 16.0. The van der Waals surface area contributed by atoms with Gasteiger partial charge in [0.25, 0.3) is 0 Å². The van der Waals surface area contributed by atoms with Crippen molar-refractivity contribution in [3.8, 4) is 0 Å². The predicted octanol–water partition coefficient (Wildman–Crippen LogP) is 3.13. The Morgan fingerprint density at radius 1 is 1.20 bits per heavy atom. The molecule has 0 saturated heterocycles. The van der Waals surface area contributed by atoms with Gasteiger partial charge in [0, 0.05) is 12.0 Å². The van der Waals surface area contributed by atoms with Crippen molar-refractivity contribution in [1.29, 1.82) is 0 Å². The molecule has 0 bridgehead atoms. The highest BCUT2D eigenvalue weighted by Crippen LogP contribution is 2.16. The summed E-state index contributed by atoms with van der Waals surface area (Å²) in [5, 5.41) is 0. The zero-order valence-corrected chi connectivity index (χ0v) is 12.1. The number of esters is 2. The summed E-state index contributed by atoms with van der Waals surface area (Å²) < 4.78 is 10.4. The lowest BCUT2D eigenvalue weighted by atomic mass is 10.1. The molecule has 0 aliphatic heterocycles. The van der Waals surface area contributed by atoms with E-state index in [1.807, 2.05) is 6.07 Å². The van der Waals surface area contributed by atoms with Crippen molar-refractivity contribution in [2.75, 3.05) is 6.61 Å². The Morgan fingerprint density at radius 2 is 1.80 bits per heavy atom. The number of benzene rings is 1. The minimum atomic E-state index is -0.701. The number of hydrogen-bond donors (Lipinski definition) is 0. The maximum Gasteiger partial charge on any atom is 0.338 e. The van der Waals surface area contributed by atoms with Gasteiger partial charge in [-0.1, -0.05) is 24.8 Å². The summed E-state index contributed by atoms with van der Waals surface area (Å²) >= 11 is 0. The first-order chi connectivity index (χ1) is 9.32. The SMILES string of the molecule is C=C(C)C(=O)OC(C)(C)CCOC(=O)c1ccccc1. The van der Waals surface area contributed by atoms with E-state index in [4.69, 9.17) is 9.47 Å². The molecule has 0 spiro atoms. The second kappa shape index (κ2) is 6.89. The van der Waals surface area contributed by atoms with E-state index < -0.39 is 11.6 Å². The summed E-state index contributed by atoms with van der Waals surface area (Å²) in [6, 6.07) is 8.75. The Hall–Kier alpha value is -2.10. The molecule has 0 radical (unpaired) electrons. The first-order valence-corrected chi connectivity index (χ1v) is 6.43. The van der Waals surface area contributed by atoms with E-state index in [0.29, 0.717) is 17.6 Å². The Morgan fingerprint density at radius 3 is 2.35 bits per heavy atom. The molecule has 20 heavy (non-hydrogen) atoms. The fraction of sp³-hybridized carbons (Fsp3) is 0.375. The van der Waals surface area contributed by atoms with Crippen LogP contribution < -0.4 is 0 Å². The summed E-state index contributed by atoms with van der Waals surface area (Å²) in [7, 11) is 0. The van der Waals surface area contributed by atoms with Gasteiger partial charge in [-0.2, -0.15) is 0 Å². The second-order valence-corrected chi connectivity index (χ2v) is 5.18. The largest absolute Gasteiger partial charge is 0.462 e. The van der Waals surface area contributed by atoms with Gasteiger partial charge in [0.15, 0.2) is 0 Å². The van der Waals surface area contributed by atoms with Gasteiger partial charge >= 0.3 is 11.9 Å². The van der Waals surface area contributed by atoms with Gasteiger partial charge in [0.1, 0.15) is 5.60 Å². The Kier molecular flexibility index (Phi) is 5.50. The molecular formula is C16H20O4. The van der Waals surface area contributed by atoms with Gasteiger partial charge in [-0.25, -0.2) is 9.59 Å². The van der Waals surface area contributed by atoms with Crippen LogP contribution in [0.5, 0.6) is 0 Å². The molecule has 0 unspecified atom stereocenters. The van der Waals surface area contributed by atoms with Crippen LogP contribution in [0.15, 0.2) is 42.5 Å². The Balaban J connectivity index is 2.41. The minimum absolute atomic E-state index is 0.185. The van der Waals surface area contributed by atoms with Crippen molar-refractivity contribution in [3.05, 3.63) is 48.0 Å². The smallest absolute Gasteiger partial charge is 0.338 e. The number of ether oxygens (including phenoxy) is 2. The molecule has 0 aromatic heterocycles. The minimum Gasteiger partial charge on any atom is -0.462 e. The molecule has 0 atom stereocenters. The van der Waals surface area contributed by atoms with E-state index in [0.717, 1.165) is 0 Å². The zero-order valence-electron chi connectivity index (χ0n) is 12.1. The van der Waals surface area contributed by atoms with Crippen molar-refractivity contribution >= 4 is 11.9 Å². The number of rotatable bonds is 6. The molecule has 1 aromatic carbocycles. The predicted molar refractivity (Wildman–Crippen MR) is 76.3 cm³/mol. The zero-order chi connectivity index (χ0) is 15.2. The Labute approximate surface area is 119 Å². The van der Waals surface area contributed by atoms with Crippen molar-refractivity contribution in [3.63, 3.8) is 0 Å². The van der Waals surface area contributed by atoms with Gasteiger partial charge in [-0.15, -0.1) is 0 Å². The fourth-order valence-electron chi connectivity index (χ4n) is 1.44. The van der Waals surface area contributed by atoms with Crippen LogP contribution in [0, 0.1) is 0 Å². The number of carbonyl (C=O) groups is 2. The maximum atomic E-state index is 11.7. The highest BCUT2D eigenvalue weighted by molar-refractivity contribution is 5.89. The monoisotopic (exact) mass is 276 g/mol. The lowest BCUT2D eigenvalue weighted by Gasteiger charge is -2.24. The van der Waals surface area contributed by atoms with Crippen molar-refractivity contribution in [2.24, 2.45) is 0 Å². The molecule has 4 nitrogen and oxygen atoms in total. The first-order valence-electron chi connectivity index (χ1n) is 6.43. The standard InChI is InChI=1S/C16H20O4/c1-12(2)14(17)20-16(3,4)10-11-19-15(18)13-8-6-5-7-9-13/h5-9H,1,10-11H2,2-4H3. The van der Waals surface area contributed by atoms with Gasteiger partial charge in [-0.3, -0.25) is 0 Å². The summed E-state index contributed by atoms with van der Waals surface area (Å²) in [6.07, 6.45) is 0.421. The van der Waals surface area contributed by atoms with Gasteiger partial charge in [0.2, 0.25) is 0 Å². The second-order valence-electron chi connectivity index (χ2n) is 5.18. The third-order valence-corrected chi connectivity index (χ3v) is 2.66. The van der Waals surface area contributed by atoms with E-state index in [9.17, 15) is 9.59 Å². The molecule has 0 amide bonds. The molecule has 1 aromatic rings. The van der Waals surface area contributed by atoms with Crippen molar-refractivity contribution in [2.45, 2.75) is 32.8 Å². The average molecular weight is 276 g/mol. The molecule has 0 N–H and O–H groups in total. The lowest BCUT2D eigenvalue weighted by Crippen LogP contribution is -2.30. The summed E-state index contributed by atoms with van der Waals surface area (Å²) in [6.45, 7) is 8.84. The highest BCUT2D eigenvalue weighted by atomic mass is 16.6. The third-order valence-electron chi connectivity index (χ3n) is 2.66. The van der Waals surface area contributed by atoms with E-state index in [-0.39, 0.29) is 12.6 Å². The van der Waals surface area contributed by atoms with Crippen LogP contribution in [0.3, 0.4) is 0 Å². The lowest BCUT2D eigenvalue weighted by molar-refractivity contribution is -0.152. The van der Waals surface area contributed by atoms with Gasteiger partial charge < -0.3 is 9.47 Å². The average Bonchev–Trinajstić information content (AvgIpc) is 2.38. The van der Waals surface area contributed by atoms with Crippen molar-refractivity contribution < 1.29 is 19.1 Å².